The first-order valence-electron chi connectivity index (χ1n) is 2.45. The number of hydrogen-bond donors (Lipinski definition) is 0. The van der Waals surface area contributed by atoms with E-state index in [1.165, 1.54) is 0 Å². The van der Waals surface area contributed by atoms with Gasteiger partial charge in [-0.2, -0.15) is 0 Å². The summed E-state index contributed by atoms with van der Waals surface area (Å²) in [5.41, 5.74) is 8.08. The normalized spacial score (nSPS) is 7.25. The molecular formula is C4H10N3Na. The molecule has 0 aromatic heterocycles. The fourth-order valence-corrected chi connectivity index (χ4v) is 0.350. The van der Waals surface area contributed by atoms with Crippen LogP contribution >= 0.6 is 0 Å². The number of nitrogens with zero attached hydrogens (tertiary/aromatic N) is 3. The standard InChI is InChI=1S/C4H10N3.Na/c1-3-7(4-2)6-5;/h3-4H2,1-2H3;/q-1;+1. The summed E-state index contributed by atoms with van der Waals surface area (Å²) in [5.74, 6) is 0. The second-order valence-electron chi connectivity index (χ2n) is 1.23. The van der Waals surface area contributed by atoms with Gasteiger partial charge >= 0.3 is 29.6 Å². The molecule has 42 valence electrons. The quantitative estimate of drug-likeness (QED) is 0.249. The maximum absolute atomic E-state index is 8.08. The molecule has 3 nitrogen and oxygen atoms in total. The summed E-state index contributed by atoms with van der Waals surface area (Å²) in [4.78, 5) is 0. The molecule has 0 amide bonds. The van der Waals surface area contributed by atoms with Crippen molar-refractivity contribution in [3.63, 3.8) is 0 Å². The molecule has 0 unspecified atom stereocenters. The average molecular weight is 123 g/mol. The average Bonchev–Trinajstić information content (AvgIpc) is 1.72. The van der Waals surface area contributed by atoms with Gasteiger partial charge in [0.25, 0.3) is 0 Å². The van der Waals surface area contributed by atoms with Gasteiger partial charge in [-0.1, -0.05) is 13.8 Å². The molecule has 0 aliphatic heterocycles. The van der Waals surface area contributed by atoms with E-state index in [1.807, 2.05) is 13.8 Å². The van der Waals surface area contributed by atoms with Gasteiger partial charge in [0.05, 0.1) is 0 Å². The van der Waals surface area contributed by atoms with Gasteiger partial charge in [0, 0.05) is 0 Å². The Morgan fingerprint density at radius 1 is 1.38 bits per heavy atom. The Morgan fingerprint density at radius 2 is 1.75 bits per heavy atom. The number of rotatable bonds is 3. The Bertz CT molecular complexity index is 53.2. The maximum atomic E-state index is 8.08. The first-order chi connectivity index (χ1) is 3.35. The molecule has 0 aromatic rings. The molecule has 8 heavy (non-hydrogen) atoms. The van der Waals surface area contributed by atoms with Crippen molar-refractivity contribution in [2.75, 3.05) is 13.1 Å². The van der Waals surface area contributed by atoms with Gasteiger partial charge in [-0.05, 0) is 13.1 Å². The van der Waals surface area contributed by atoms with Crippen LogP contribution in [0.2, 0.25) is 0 Å². The molecule has 4 heteroatoms. The zero-order valence-corrected chi connectivity index (χ0v) is 7.76. The zero-order valence-electron chi connectivity index (χ0n) is 5.76. The molecular weight excluding hydrogens is 113 g/mol. The van der Waals surface area contributed by atoms with E-state index in [0.29, 0.717) is 0 Å². The topological polar surface area (TPSA) is 37.9 Å². The summed E-state index contributed by atoms with van der Waals surface area (Å²) in [5, 5.41) is 4.51. The van der Waals surface area contributed by atoms with Crippen molar-refractivity contribution in [1.29, 1.82) is 0 Å². The molecule has 0 fully saturated rings. The van der Waals surface area contributed by atoms with Crippen LogP contribution < -0.4 is 29.6 Å². The minimum Gasteiger partial charge on any atom is -0.402 e. The van der Waals surface area contributed by atoms with Gasteiger partial charge in [-0.15, -0.1) is 0 Å². The molecule has 0 heterocycles. The van der Waals surface area contributed by atoms with E-state index < -0.39 is 0 Å². The third-order valence-corrected chi connectivity index (χ3v) is 0.857. The van der Waals surface area contributed by atoms with Crippen molar-refractivity contribution in [1.82, 2.24) is 5.01 Å². The van der Waals surface area contributed by atoms with Crippen molar-refractivity contribution in [2.45, 2.75) is 13.8 Å². The molecule has 0 N–H and O–H groups in total. The predicted molar refractivity (Wildman–Crippen MR) is 28.7 cm³/mol. The second-order valence-corrected chi connectivity index (χ2v) is 1.23. The maximum Gasteiger partial charge on any atom is 1.00 e. The molecule has 0 aromatic carbocycles. The molecule has 0 atom stereocenters. The van der Waals surface area contributed by atoms with Crippen LogP contribution in [0.15, 0.2) is 5.22 Å². The van der Waals surface area contributed by atoms with Gasteiger partial charge < -0.3 is 10.5 Å². The largest absolute Gasteiger partial charge is 1.00 e. The Balaban J connectivity index is 0. The molecule has 0 radical (unpaired) electrons. The molecule has 0 saturated carbocycles. The molecule has 0 aliphatic carbocycles. The van der Waals surface area contributed by atoms with Crippen molar-refractivity contribution in [3.05, 3.63) is 5.53 Å². The fourth-order valence-electron chi connectivity index (χ4n) is 0.350. The SMILES string of the molecule is CCN(CC)N=[N-].[Na+]. The number of hydrogen-bond acceptors (Lipinski definition) is 1. The van der Waals surface area contributed by atoms with Crippen LogP contribution in [0.4, 0.5) is 0 Å². The third kappa shape index (κ3) is 4.56. The van der Waals surface area contributed by atoms with Gasteiger partial charge in [-0.3, -0.25) is 5.22 Å². The van der Waals surface area contributed by atoms with Crippen LogP contribution in [-0.2, 0) is 0 Å². The van der Waals surface area contributed by atoms with E-state index in [0.717, 1.165) is 13.1 Å². The first-order valence-corrected chi connectivity index (χ1v) is 2.45. The van der Waals surface area contributed by atoms with Crippen LogP contribution in [0.3, 0.4) is 0 Å². The van der Waals surface area contributed by atoms with E-state index in [-0.39, 0.29) is 29.6 Å². The van der Waals surface area contributed by atoms with E-state index >= 15 is 0 Å². The van der Waals surface area contributed by atoms with Gasteiger partial charge in [0.1, 0.15) is 0 Å². The van der Waals surface area contributed by atoms with E-state index in [1.54, 1.807) is 5.01 Å². The monoisotopic (exact) mass is 123 g/mol. The van der Waals surface area contributed by atoms with Crippen LogP contribution in [0.1, 0.15) is 13.8 Å². The van der Waals surface area contributed by atoms with E-state index in [9.17, 15) is 0 Å². The molecule has 0 bridgehead atoms. The smallest absolute Gasteiger partial charge is 0.402 e. The van der Waals surface area contributed by atoms with Gasteiger partial charge in [-0.25, -0.2) is 0 Å². The van der Waals surface area contributed by atoms with Crippen molar-refractivity contribution in [2.24, 2.45) is 5.22 Å². The molecule has 0 rings (SSSR count). The molecule has 0 aliphatic rings. The summed E-state index contributed by atoms with van der Waals surface area (Å²) in [6, 6.07) is 0. The Morgan fingerprint density at radius 3 is 1.75 bits per heavy atom. The third-order valence-electron chi connectivity index (χ3n) is 0.857. The summed E-state index contributed by atoms with van der Waals surface area (Å²) >= 11 is 0. The Kier molecular flexibility index (Phi) is 10.4. The summed E-state index contributed by atoms with van der Waals surface area (Å²) in [6.45, 7) is 5.41. The second kappa shape index (κ2) is 7.40. The van der Waals surface area contributed by atoms with E-state index in [4.69, 9.17) is 5.53 Å². The summed E-state index contributed by atoms with van der Waals surface area (Å²) < 4.78 is 0. The zero-order chi connectivity index (χ0) is 5.70. The minimum atomic E-state index is 0. The van der Waals surface area contributed by atoms with Crippen LogP contribution in [0.5, 0.6) is 0 Å². The van der Waals surface area contributed by atoms with Gasteiger partial charge in [0.15, 0.2) is 0 Å². The molecule has 0 spiro atoms. The predicted octanol–water partition coefficient (Wildman–Crippen LogP) is -1.73. The van der Waals surface area contributed by atoms with Crippen LogP contribution in [-0.4, -0.2) is 18.1 Å². The fraction of sp³-hybridized carbons (Fsp3) is 1.00. The first kappa shape index (κ1) is 11.2. The summed E-state index contributed by atoms with van der Waals surface area (Å²) in [7, 11) is 0. The van der Waals surface area contributed by atoms with Crippen LogP contribution in [0, 0.1) is 0 Å². The van der Waals surface area contributed by atoms with Gasteiger partial charge in [0.2, 0.25) is 0 Å². The Labute approximate surface area is 72.2 Å². The Hall–Kier alpha value is 0.400. The van der Waals surface area contributed by atoms with E-state index in [2.05, 4.69) is 5.22 Å². The van der Waals surface area contributed by atoms with Crippen molar-refractivity contribution in [3.8, 4) is 0 Å². The molecule has 0 saturated heterocycles. The minimum absolute atomic E-state index is 0. The van der Waals surface area contributed by atoms with Crippen molar-refractivity contribution >= 4 is 0 Å². The van der Waals surface area contributed by atoms with Crippen molar-refractivity contribution < 1.29 is 29.6 Å². The van der Waals surface area contributed by atoms with Crippen LogP contribution in [0.25, 0.3) is 5.53 Å². The summed E-state index contributed by atoms with van der Waals surface area (Å²) in [6.07, 6.45) is 0.